The predicted octanol–water partition coefficient (Wildman–Crippen LogP) is 0.977. The fourth-order valence-corrected chi connectivity index (χ4v) is 2.99. The van der Waals surface area contributed by atoms with Crippen LogP contribution >= 0.6 is 15.9 Å². The van der Waals surface area contributed by atoms with Crippen LogP contribution < -0.4 is 15.4 Å². The van der Waals surface area contributed by atoms with Crippen LogP contribution in [0.4, 0.5) is 0 Å². The first-order valence-electron chi connectivity index (χ1n) is 6.64. The minimum absolute atomic E-state index is 0.0600. The van der Waals surface area contributed by atoms with Crippen molar-refractivity contribution in [3.05, 3.63) is 28.2 Å². The molecular formula is C14H20BrN3O2. The maximum Gasteiger partial charge on any atom is 0.238 e. The number of benzene rings is 1. The normalized spacial score (nSPS) is 19.6. The van der Waals surface area contributed by atoms with Crippen molar-refractivity contribution in [2.75, 3.05) is 33.8 Å². The van der Waals surface area contributed by atoms with Crippen molar-refractivity contribution < 1.29 is 9.53 Å². The molecule has 1 aromatic rings. The van der Waals surface area contributed by atoms with Gasteiger partial charge >= 0.3 is 0 Å². The number of hydrogen-bond acceptors (Lipinski definition) is 4. The van der Waals surface area contributed by atoms with Crippen LogP contribution in [0.2, 0.25) is 0 Å². The topological polar surface area (TPSA) is 53.6 Å². The minimum Gasteiger partial charge on any atom is -0.496 e. The van der Waals surface area contributed by atoms with Crippen LogP contribution in [-0.2, 0) is 11.3 Å². The van der Waals surface area contributed by atoms with Crippen LogP contribution in [0.3, 0.4) is 0 Å². The molecule has 1 heterocycles. The highest BCUT2D eigenvalue weighted by molar-refractivity contribution is 9.10. The Morgan fingerprint density at radius 3 is 3.05 bits per heavy atom. The zero-order chi connectivity index (χ0) is 14.5. The molecule has 0 bridgehead atoms. The molecule has 2 N–H and O–H groups in total. The summed E-state index contributed by atoms with van der Waals surface area (Å²) in [6.45, 7) is 3.21. The Bertz CT molecular complexity index is 481. The molecule has 2 rings (SSSR count). The molecule has 0 aliphatic carbocycles. The van der Waals surface area contributed by atoms with Crippen molar-refractivity contribution >= 4 is 21.8 Å². The molecule has 1 aromatic carbocycles. The molecule has 0 aromatic heterocycles. The number of rotatable bonds is 4. The molecule has 1 atom stereocenters. The molecule has 1 saturated heterocycles. The van der Waals surface area contributed by atoms with Gasteiger partial charge in [0.15, 0.2) is 0 Å². The lowest BCUT2D eigenvalue weighted by Gasteiger charge is -2.34. The number of amides is 1. The number of nitrogens with one attached hydrogen (secondary N) is 2. The van der Waals surface area contributed by atoms with Crippen molar-refractivity contribution in [2.45, 2.75) is 12.6 Å². The van der Waals surface area contributed by atoms with Crippen molar-refractivity contribution in [3.63, 3.8) is 0 Å². The van der Waals surface area contributed by atoms with Gasteiger partial charge in [-0.1, -0.05) is 6.07 Å². The molecule has 1 unspecified atom stereocenters. The quantitative estimate of drug-likeness (QED) is 0.857. The molecule has 5 nitrogen and oxygen atoms in total. The van der Waals surface area contributed by atoms with E-state index in [0.717, 1.165) is 35.4 Å². The molecule has 0 saturated carbocycles. The zero-order valence-electron chi connectivity index (χ0n) is 11.8. The largest absolute Gasteiger partial charge is 0.496 e. The molecule has 1 aliphatic rings. The number of carbonyl (C=O) groups excluding carboxylic acids is 1. The maximum atomic E-state index is 11.9. The number of halogens is 1. The summed E-state index contributed by atoms with van der Waals surface area (Å²) in [7, 11) is 3.33. The van der Waals surface area contributed by atoms with E-state index in [4.69, 9.17) is 4.74 Å². The van der Waals surface area contributed by atoms with Crippen LogP contribution in [-0.4, -0.2) is 50.6 Å². The van der Waals surface area contributed by atoms with Gasteiger partial charge in [-0.25, -0.2) is 0 Å². The molecule has 0 radical (unpaired) electrons. The Balaban J connectivity index is 2.10. The first-order valence-corrected chi connectivity index (χ1v) is 7.43. The smallest absolute Gasteiger partial charge is 0.238 e. The lowest BCUT2D eigenvalue weighted by atomic mass is 10.1. The first-order chi connectivity index (χ1) is 9.65. The minimum atomic E-state index is -0.116. The van der Waals surface area contributed by atoms with E-state index in [2.05, 4.69) is 31.5 Å². The van der Waals surface area contributed by atoms with Crippen molar-refractivity contribution in [2.24, 2.45) is 0 Å². The fourth-order valence-electron chi connectivity index (χ4n) is 2.40. The third kappa shape index (κ3) is 3.50. The number of nitrogens with zero attached hydrogens (tertiary/aromatic N) is 1. The van der Waals surface area contributed by atoms with E-state index in [1.165, 1.54) is 0 Å². The third-order valence-corrected chi connectivity index (χ3v) is 4.12. The molecule has 1 fully saturated rings. The highest BCUT2D eigenvalue weighted by atomic mass is 79.9. The maximum absolute atomic E-state index is 11.9. The standard InChI is InChI=1S/C14H20BrN3O2/c1-16-14(19)12-8-17-5-6-18(12)9-10-3-4-13(20-2)11(15)7-10/h3-4,7,12,17H,5-6,8-9H2,1-2H3,(H,16,19). The SMILES string of the molecule is CNC(=O)C1CNCCN1Cc1ccc(OC)c(Br)c1. The van der Waals surface area contributed by atoms with Gasteiger partial charge in [0.25, 0.3) is 0 Å². The average Bonchev–Trinajstić information content (AvgIpc) is 2.47. The molecule has 6 heteroatoms. The van der Waals surface area contributed by atoms with Gasteiger partial charge in [0.1, 0.15) is 11.8 Å². The molecule has 0 spiro atoms. The number of piperazine rings is 1. The molecule has 20 heavy (non-hydrogen) atoms. The van der Waals surface area contributed by atoms with Crippen molar-refractivity contribution in [3.8, 4) is 5.75 Å². The van der Waals surface area contributed by atoms with Gasteiger partial charge in [-0.2, -0.15) is 0 Å². The number of carbonyl (C=O) groups is 1. The summed E-state index contributed by atoms with van der Waals surface area (Å²) in [5, 5.41) is 5.99. The van der Waals surface area contributed by atoms with Gasteiger partial charge in [-0.05, 0) is 33.6 Å². The van der Waals surface area contributed by atoms with E-state index in [1.807, 2.05) is 18.2 Å². The monoisotopic (exact) mass is 341 g/mol. The van der Waals surface area contributed by atoms with E-state index in [9.17, 15) is 4.79 Å². The number of likely N-dealkylation sites (N-methyl/N-ethyl adjacent to an activating group) is 1. The molecular weight excluding hydrogens is 322 g/mol. The van der Waals surface area contributed by atoms with Crippen LogP contribution in [0.15, 0.2) is 22.7 Å². The second-order valence-corrected chi connectivity index (χ2v) is 5.63. The Kier molecular flexibility index (Phi) is 5.39. The third-order valence-electron chi connectivity index (χ3n) is 3.51. The van der Waals surface area contributed by atoms with Gasteiger partial charge in [0, 0.05) is 33.2 Å². The molecule has 1 aliphatic heterocycles. The van der Waals surface area contributed by atoms with Gasteiger partial charge in [0.05, 0.1) is 11.6 Å². The summed E-state index contributed by atoms with van der Waals surface area (Å²) >= 11 is 3.49. The lowest BCUT2D eigenvalue weighted by molar-refractivity contribution is -0.126. The summed E-state index contributed by atoms with van der Waals surface area (Å²) in [6, 6.07) is 5.90. The van der Waals surface area contributed by atoms with Gasteiger partial charge < -0.3 is 15.4 Å². The Hall–Kier alpha value is -1.11. The second kappa shape index (κ2) is 7.06. The van der Waals surface area contributed by atoms with Gasteiger partial charge in [-0.3, -0.25) is 9.69 Å². The second-order valence-electron chi connectivity index (χ2n) is 4.77. The fraction of sp³-hybridized carbons (Fsp3) is 0.500. The van der Waals surface area contributed by atoms with E-state index in [1.54, 1.807) is 14.2 Å². The Morgan fingerprint density at radius 2 is 2.40 bits per heavy atom. The van der Waals surface area contributed by atoms with Crippen LogP contribution in [0.5, 0.6) is 5.75 Å². The van der Waals surface area contributed by atoms with E-state index >= 15 is 0 Å². The zero-order valence-corrected chi connectivity index (χ0v) is 13.4. The predicted molar refractivity (Wildman–Crippen MR) is 81.8 cm³/mol. The Morgan fingerprint density at radius 1 is 1.60 bits per heavy atom. The number of hydrogen-bond donors (Lipinski definition) is 2. The van der Waals surface area contributed by atoms with Crippen LogP contribution in [0.25, 0.3) is 0 Å². The average molecular weight is 342 g/mol. The highest BCUT2D eigenvalue weighted by Crippen LogP contribution is 2.26. The number of ether oxygens (including phenoxy) is 1. The van der Waals surface area contributed by atoms with Crippen molar-refractivity contribution in [1.82, 2.24) is 15.5 Å². The van der Waals surface area contributed by atoms with Crippen LogP contribution in [0, 0.1) is 0 Å². The summed E-state index contributed by atoms with van der Waals surface area (Å²) in [4.78, 5) is 14.1. The van der Waals surface area contributed by atoms with Crippen molar-refractivity contribution in [1.29, 1.82) is 0 Å². The van der Waals surface area contributed by atoms with E-state index in [0.29, 0.717) is 6.54 Å². The molecule has 1 amide bonds. The van der Waals surface area contributed by atoms with Crippen LogP contribution in [0.1, 0.15) is 5.56 Å². The number of methoxy groups -OCH3 is 1. The lowest BCUT2D eigenvalue weighted by Crippen LogP contribution is -2.56. The highest BCUT2D eigenvalue weighted by Gasteiger charge is 2.27. The summed E-state index contributed by atoms with van der Waals surface area (Å²) < 4.78 is 6.17. The summed E-state index contributed by atoms with van der Waals surface area (Å²) in [6.07, 6.45) is 0. The van der Waals surface area contributed by atoms with E-state index < -0.39 is 0 Å². The first kappa shape index (κ1) is 15.3. The van der Waals surface area contributed by atoms with Gasteiger partial charge in [0.2, 0.25) is 5.91 Å². The Labute approximate surface area is 127 Å². The summed E-state index contributed by atoms with van der Waals surface area (Å²) in [5.74, 6) is 0.877. The molecule has 110 valence electrons. The van der Waals surface area contributed by atoms with E-state index in [-0.39, 0.29) is 11.9 Å². The summed E-state index contributed by atoms with van der Waals surface area (Å²) in [5.41, 5.74) is 1.16. The van der Waals surface area contributed by atoms with Gasteiger partial charge in [-0.15, -0.1) is 0 Å².